The molecule has 12 saturated carbocycles. The number of hydrogen-bond acceptors (Lipinski definition) is 23. The minimum absolute atomic E-state index is 0. The Balaban J connectivity index is 0.000000108. The van der Waals surface area contributed by atoms with Gasteiger partial charge in [0.25, 0.3) is 16.6 Å². The van der Waals surface area contributed by atoms with E-state index in [9.17, 15) is 68.4 Å². The molecule has 28 rings (SSSR count). The summed E-state index contributed by atoms with van der Waals surface area (Å²) in [6.45, 7) is 4.43. The first-order chi connectivity index (χ1) is 54.0. The minimum atomic E-state index is -3.72. The number of hydrogen-bond donors (Lipinski definition) is 7. The Bertz CT molecular complexity index is 4720. The van der Waals surface area contributed by atoms with Crippen LogP contribution in [0.1, 0.15) is 182 Å². The molecule has 8 aliphatic heterocycles. The van der Waals surface area contributed by atoms with Gasteiger partial charge in [0.05, 0.1) is 82.3 Å². The van der Waals surface area contributed by atoms with E-state index in [0.717, 1.165) is 147 Å². The maximum atomic E-state index is 12.8. The van der Waals surface area contributed by atoms with E-state index in [-0.39, 0.29) is 201 Å². The number of likely N-dealkylation sites (N-methyl/N-ethyl adjacent to an activating group) is 4. The van der Waals surface area contributed by atoms with Crippen molar-refractivity contribution in [3.8, 4) is 46.0 Å². The monoisotopic (exact) mass is 1810 g/mol. The summed E-state index contributed by atoms with van der Waals surface area (Å²) in [5, 5.41) is 110. The van der Waals surface area contributed by atoms with Gasteiger partial charge < -0.3 is 133 Å². The number of phenolic OH excluding ortho intramolecular Hbond substituents is 3. The molecule has 632 valence electrons. The van der Waals surface area contributed by atoms with Crippen LogP contribution in [-0.2, 0) is 90.7 Å². The van der Waals surface area contributed by atoms with Crippen molar-refractivity contribution in [3.63, 3.8) is 0 Å². The van der Waals surface area contributed by atoms with Gasteiger partial charge in [-0.2, -0.15) is 0 Å². The van der Waals surface area contributed by atoms with Crippen LogP contribution in [0.3, 0.4) is 0 Å². The Kier molecular flexibility index (Phi) is 18.6. The molecule has 7 N–H and O–H groups in total. The maximum absolute atomic E-state index is 12.8. The van der Waals surface area contributed by atoms with Gasteiger partial charge in [-0.15, -0.1) is 0 Å². The van der Waals surface area contributed by atoms with E-state index in [1.54, 1.807) is 24.3 Å². The summed E-state index contributed by atoms with van der Waals surface area (Å²) in [7, 11) is 5.61. The molecule has 8 spiro atoms. The second-order valence-electron chi connectivity index (χ2n) is 41.2. The van der Waals surface area contributed by atoms with Gasteiger partial charge in [0.15, 0.2) is 128 Å². The molecule has 16 aliphatic carbocycles. The third kappa shape index (κ3) is 9.68. The van der Waals surface area contributed by atoms with Crippen LogP contribution in [0.5, 0.6) is 46.0 Å². The fourth-order valence-corrected chi connectivity index (χ4v) is 32.4. The van der Waals surface area contributed by atoms with Crippen molar-refractivity contribution in [3.05, 3.63) is 93.0 Å². The van der Waals surface area contributed by atoms with Crippen molar-refractivity contribution in [1.82, 2.24) is 0 Å². The summed E-state index contributed by atoms with van der Waals surface area (Å²) in [6.07, 6.45) is 19.2. The fourth-order valence-electron chi connectivity index (χ4n) is 32.4. The summed E-state index contributed by atoms with van der Waals surface area (Å²) in [6, 6.07) is 15.4. The van der Waals surface area contributed by atoms with Crippen LogP contribution in [0.15, 0.2) is 48.5 Å². The smallest absolute Gasteiger partial charge is 1.00 e. The molecule has 16 fully saturated rings. The van der Waals surface area contributed by atoms with Gasteiger partial charge >= 0.3 is 59.1 Å². The number of likely N-dealkylation sites (tertiary alicyclic amines) is 4. The van der Waals surface area contributed by atoms with Crippen LogP contribution >= 0.6 is 0 Å². The van der Waals surface area contributed by atoms with Crippen molar-refractivity contribution in [1.29, 1.82) is 0 Å². The first kappa shape index (κ1) is 85.7. The van der Waals surface area contributed by atoms with Crippen molar-refractivity contribution in [2.45, 2.75) is 276 Å². The van der Waals surface area contributed by atoms with Gasteiger partial charge in [-0.25, -0.2) is 8.42 Å². The van der Waals surface area contributed by atoms with Gasteiger partial charge in [-0.3, -0.25) is 24.0 Å². The van der Waals surface area contributed by atoms with Gasteiger partial charge in [-0.1, -0.05) is 43.5 Å². The molecule has 4 aromatic carbocycles. The van der Waals surface area contributed by atoms with Crippen molar-refractivity contribution >= 4 is 39.7 Å². The van der Waals surface area contributed by atoms with E-state index in [1.165, 1.54) is 68.1 Å². The Morgan fingerprint density at radius 1 is 0.445 bits per heavy atom. The van der Waals surface area contributed by atoms with Gasteiger partial charge in [0, 0.05) is 123 Å². The summed E-state index contributed by atoms with van der Waals surface area (Å²) in [5.74, 6) is 5.46. The number of benzene rings is 4. The Morgan fingerprint density at radius 3 is 0.882 bits per heavy atom. The Labute approximate surface area is 757 Å². The molecule has 4 saturated heterocycles. The maximum Gasteiger partial charge on any atom is 1.00 e. The van der Waals surface area contributed by atoms with Crippen LogP contribution in [0.2, 0.25) is 0 Å². The number of carbonyl (C=O) groups is 5. The summed E-state index contributed by atoms with van der Waals surface area (Å²) >= 11 is 0. The number of carbonyl (C=O) groups excluding carboxylic acids is 5. The first-order valence-electron chi connectivity index (χ1n) is 41.7. The van der Waals surface area contributed by atoms with Crippen molar-refractivity contribution in [2.75, 3.05) is 60.6 Å². The third-order valence-electron chi connectivity index (χ3n) is 36.4. The van der Waals surface area contributed by atoms with E-state index >= 15 is 0 Å². The molecule has 24 aliphatic rings. The van der Waals surface area contributed by atoms with Crippen LogP contribution < -0.4 is 128 Å². The molecule has 0 amide bonds. The van der Waals surface area contributed by atoms with E-state index in [4.69, 9.17) is 34.3 Å². The molecule has 12 unspecified atom stereocenters. The quantitative estimate of drug-likeness (QED) is 0.0194. The fraction of sp³-hybridized carbons (Fsp3) is 0.667. The Hall–Kier alpha value is -4.10. The number of nitrogens with zero attached hydrogens (tertiary/aromatic N) is 4. The number of phenols is 3. The average molecular weight is 1810 g/mol. The van der Waals surface area contributed by atoms with Crippen molar-refractivity contribution < 1.29 is 224 Å². The van der Waals surface area contributed by atoms with E-state index in [0.29, 0.717) is 80.6 Å². The molecule has 32 heteroatoms. The number of aromatic hydroxyl groups is 3. The van der Waals surface area contributed by atoms with Gasteiger partial charge in [-0.05, 0) is 118 Å². The van der Waals surface area contributed by atoms with Crippen LogP contribution in [0.25, 0.3) is 0 Å². The molecule has 8 bridgehead atoms. The van der Waals surface area contributed by atoms with E-state index in [1.807, 2.05) is 24.3 Å². The van der Waals surface area contributed by atoms with E-state index in [2.05, 4.69) is 37.4 Å². The molecule has 8 heterocycles. The number of Topliss-reactive ketones (excluding diaryl/α,β-unsaturated/α-hetero) is 4. The largest absolute Gasteiger partial charge is 1.00 e. The number of aliphatic hydroxyl groups is 4. The standard InChI is InChI=1S/4C21H23NO4.CH4O4S.CH2O3.CH4.2BrH.2Na.H/c4*1-22(9-11-2-3-11)18-19(22)8-12-4-5-13(23)16-15(12)20(10-19)17(26-16)14(24)6-7-21(18,20)25;1-6(3,4)5-2;2-1-4-3;;;;;;/h4*4-5,11,17-18,25H,2-3,6-10H2,1H3;2H,1H3;1,3H;1H4;2*1H;;;/q;;;;;;;;;2*+1;-1/p-1/t4*17?,18-,19?,20+,21-,22?;;;;;;;;/m1111......../s1. The summed E-state index contributed by atoms with van der Waals surface area (Å²) in [5.41, 5.74) is 2.30. The van der Waals surface area contributed by atoms with E-state index < -0.39 is 78.6 Å². The number of halogens is 2. The number of quaternary nitrogens is 4. The number of fused-ring (bicyclic) bond motifs is 4. The SMILES string of the molecule is C.CS(=O)(=O)O[O-].C[N+]1(CC2CC2)[C@@H]2C13Cc1ccc(O)c4c1[C@@]1(C3)C(O4)C(=O)CC[C@@]21O.C[N+]1(CC2CC2)[C@@H]2C13Cc1ccc(O)c4c1[C@@]1(C3)C(O4)C(=O)CC[C@@]21O.C[N+]1(CC2CC2)[C@@H]2C13Cc1ccc(O)c4c1[C@@]1(C3)C(O4)C(=O)CC[C@@]21O.C[N+]1(CC2CC2)[C@@H]2C13Cc1ccc([O-])c4c1[C@@]1(C3)C(O4)C(=O)CC[C@@]21O.O=CO[O-].[Br-].[Br-].[H-].[Na+].[Na+]. The molecular formula is C87H104Br2N4Na2O23S. The molecular weight excluding hydrogens is 1710 g/mol. The minimum Gasteiger partial charge on any atom is -1.00 e. The number of piperidine rings is 4. The topological polar surface area (TPSA) is 386 Å². The van der Waals surface area contributed by atoms with Crippen LogP contribution in [0.4, 0.5) is 0 Å². The second kappa shape index (κ2) is 25.9. The predicted octanol–water partition coefficient (Wildman–Crippen LogP) is -9.51. The van der Waals surface area contributed by atoms with Crippen molar-refractivity contribution in [2.24, 2.45) is 23.7 Å². The van der Waals surface area contributed by atoms with Crippen LogP contribution in [-0.4, -0.2) is 245 Å². The summed E-state index contributed by atoms with van der Waals surface area (Å²) in [4.78, 5) is 62.5. The predicted molar refractivity (Wildman–Crippen MR) is 397 cm³/mol. The number of ketones is 4. The molecule has 119 heavy (non-hydrogen) atoms. The normalized spacial score (nSPS) is 45.9. The number of rotatable bonds is 10. The molecule has 0 aromatic heterocycles. The molecule has 27 nitrogen and oxygen atoms in total. The van der Waals surface area contributed by atoms with Gasteiger partial charge in [0.1, 0.15) is 28.2 Å². The third-order valence-corrected chi connectivity index (χ3v) is 36.7. The van der Waals surface area contributed by atoms with Crippen LogP contribution in [0, 0.1) is 23.7 Å². The molecule has 24 atom stereocenters. The zero-order chi connectivity index (χ0) is 79.4. The Morgan fingerprint density at radius 2 is 0.664 bits per heavy atom. The zero-order valence-electron chi connectivity index (χ0n) is 68.5. The summed E-state index contributed by atoms with van der Waals surface area (Å²) < 4.78 is 49.7. The zero-order valence-corrected chi connectivity index (χ0v) is 75.5. The second-order valence-corrected chi connectivity index (χ2v) is 42.7. The molecule has 4 aromatic rings. The number of ether oxygens (including phenoxy) is 4. The average Bonchev–Trinajstić information content (AvgIpc) is 1.44. The van der Waals surface area contributed by atoms with Gasteiger partial charge in [0.2, 0.25) is 0 Å². The first-order valence-corrected chi connectivity index (χ1v) is 43.5. The molecule has 0 radical (unpaired) electrons.